The number of pyridine rings is 4. The normalized spacial score (nSPS) is 10.9. The molecule has 0 unspecified atom stereocenters. The SMILES string of the molecule is Cc1cc(C)n(-c2cccc(Cc3[c-]c(Cc4[c-]cccc4)ccc3)n2)n1.Cc1ccn(-c2cccc(Cc3[c-]c(Cc4[c-]cccc4)ccc3)n2)n1.[Pd+2].[Pd+2].[Pd+2].[Pd+2].[c-]1ccccc1Cc1[c-]c(Cc2cccc(-n3cccn3)n2)ccc1.[c-]1ccccc1Cc1[c-]c(Cc2cccc(C3=NC=CC3)n2)ccc1. The Balaban J connectivity index is 0.000000163. The molecule has 1 aliphatic rings. The van der Waals surface area contributed by atoms with Gasteiger partial charge < -0.3 is 0 Å². The smallest absolute Gasteiger partial charge is 0.259 e. The quantitative estimate of drug-likeness (QED) is 0.0551. The van der Waals surface area contributed by atoms with Crippen LogP contribution >= 0.6 is 0 Å². The van der Waals surface area contributed by atoms with Gasteiger partial charge in [-0.1, -0.05) is 30.3 Å². The molecule has 16 rings (SSSR count). The third-order valence-corrected chi connectivity index (χ3v) is 16.8. The number of hydrogen-bond acceptors (Lipinski definition) is 8. The van der Waals surface area contributed by atoms with E-state index in [9.17, 15) is 0 Å². The molecule has 0 bridgehead atoms. The number of aryl methyl sites for hydroxylation is 3. The number of hydrogen-bond donors (Lipinski definition) is 0. The van der Waals surface area contributed by atoms with E-state index in [4.69, 9.17) is 19.9 Å². The van der Waals surface area contributed by atoms with Crippen LogP contribution in [0, 0.1) is 69.3 Å². The number of rotatable bonds is 20. The van der Waals surface area contributed by atoms with Crippen LogP contribution in [0.3, 0.4) is 0 Å². The molecule has 1 aliphatic heterocycles. The molecule has 0 spiro atoms. The Morgan fingerprint density at radius 2 is 0.701 bits per heavy atom. The topological polar surface area (TPSA) is 117 Å². The van der Waals surface area contributed by atoms with Gasteiger partial charge in [-0.15, -0.1) is 0 Å². The van der Waals surface area contributed by atoms with Crippen LogP contribution in [0.2, 0.25) is 0 Å². The van der Waals surface area contributed by atoms with Crippen molar-refractivity contribution in [3.05, 3.63) is 453 Å². The predicted octanol–water partition coefficient (Wildman–Crippen LogP) is 17.6. The Morgan fingerprint density at radius 3 is 1.06 bits per heavy atom. The molecule has 8 aromatic carbocycles. The number of aromatic nitrogens is 10. The molecule has 538 valence electrons. The van der Waals surface area contributed by atoms with Crippen LogP contribution in [0.25, 0.3) is 17.5 Å². The van der Waals surface area contributed by atoms with Crippen molar-refractivity contribution in [3.8, 4) is 17.5 Å². The fraction of sp³-hybridized carbons (Fsp3) is 0.130. The summed E-state index contributed by atoms with van der Waals surface area (Å²) in [5.41, 5.74) is 23.1. The van der Waals surface area contributed by atoms with Gasteiger partial charge in [0.15, 0.2) is 17.5 Å². The summed E-state index contributed by atoms with van der Waals surface area (Å²) in [5.74, 6) is 2.52. The Labute approximate surface area is 684 Å². The van der Waals surface area contributed by atoms with Gasteiger partial charge in [0.2, 0.25) is 0 Å². The van der Waals surface area contributed by atoms with Crippen LogP contribution in [0.5, 0.6) is 0 Å². The van der Waals surface area contributed by atoms with E-state index in [1.54, 1.807) is 10.9 Å². The third kappa shape index (κ3) is 24.8. The molecule has 0 N–H and O–H groups in total. The standard InChI is InChI=1S/C24H21N3.C23H19N3.C23H18N2.C22H17N3.4Pd/c1-18-14-19(2)27(26-18)24-13-7-12-23(25-24)17-22-11-6-10-21(16-22)15-20-8-4-3-5-9-20;1-18-13-14-26(25-18)23-12-6-11-22(24-23)17-21-10-5-9-20(16-21)15-19-7-3-2-4-8-19;1-2-7-18(8-3-1)15-19-9-4-10-20(16-19)17-21-11-5-12-23(25-21)22-13-6-14-24-22;1-2-7-18(8-3-1)15-19-9-4-10-20(16-19)17-21-11-5-12-22(24-21)25-14-6-13-23-25;;;;/h3-8,10-14H,15,17H2,1-2H3;2-7,9-14H,15,17H2,1H3;1-7,9-12,14H,13,15,17H2;1-7,9-14H,15,17H2;;;;/q4*-2;4*+2. The summed E-state index contributed by atoms with van der Waals surface area (Å²) in [6, 6.07) is 115. The number of allylic oxidation sites excluding steroid dienone is 1. The minimum Gasteiger partial charge on any atom is -0.259 e. The summed E-state index contributed by atoms with van der Waals surface area (Å²) in [5, 5.41) is 13.2. The van der Waals surface area contributed by atoms with Gasteiger partial charge in [0, 0.05) is 59.7 Å². The molecule has 8 heterocycles. The van der Waals surface area contributed by atoms with E-state index in [0.29, 0.717) is 0 Å². The molecule has 0 amide bonds. The van der Waals surface area contributed by atoms with E-state index >= 15 is 0 Å². The second kappa shape index (κ2) is 41.8. The van der Waals surface area contributed by atoms with E-state index in [1.807, 2.05) is 188 Å². The zero-order chi connectivity index (χ0) is 70.2. The maximum Gasteiger partial charge on any atom is 2.00 e. The van der Waals surface area contributed by atoms with Crippen molar-refractivity contribution in [1.29, 1.82) is 0 Å². The van der Waals surface area contributed by atoms with Crippen LogP contribution < -0.4 is 0 Å². The van der Waals surface area contributed by atoms with Gasteiger partial charge in [0.05, 0.1) is 22.8 Å². The van der Waals surface area contributed by atoms with Gasteiger partial charge in [-0.25, -0.2) is 29.0 Å². The first-order valence-electron chi connectivity index (χ1n) is 34.6. The fourth-order valence-electron chi connectivity index (χ4n) is 12.0. The predicted molar refractivity (Wildman–Crippen MR) is 407 cm³/mol. The molecule has 0 atom stereocenters. The van der Waals surface area contributed by atoms with Crippen LogP contribution in [0.15, 0.2) is 297 Å². The first kappa shape index (κ1) is 81.1. The molecule has 7 aromatic heterocycles. The zero-order valence-electron chi connectivity index (χ0n) is 59.3. The average Bonchev–Trinajstić information content (AvgIpc) is 1.77. The van der Waals surface area contributed by atoms with E-state index in [1.165, 1.54) is 44.5 Å². The number of nitrogens with zero attached hydrogens (tertiary/aromatic N) is 11. The van der Waals surface area contributed by atoms with Gasteiger partial charge in [-0.05, 0) is 139 Å². The summed E-state index contributed by atoms with van der Waals surface area (Å²) in [6.45, 7) is 6.02. The fourth-order valence-corrected chi connectivity index (χ4v) is 12.0. The van der Waals surface area contributed by atoms with Crippen molar-refractivity contribution in [1.82, 2.24) is 49.3 Å². The van der Waals surface area contributed by atoms with Crippen molar-refractivity contribution in [2.75, 3.05) is 0 Å². The molecule has 11 nitrogen and oxygen atoms in total. The van der Waals surface area contributed by atoms with Crippen molar-refractivity contribution < 1.29 is 81.7 Å². The van der Waals surface area contributed by atoms with E-state index in [-0.39, 0.29) is 81.7 Å². The molecule has 0 aliphatic carbocycles. The summed E-state index contributed by atoms with van der Waals surface area (Å²) in [6.07, 6.45) is 16.8. The monoisotopic (exact) mass is 1760 g/mol. The maximum atomic E-state index is 4.80. The van der Waals surface area contributed by atoms with Crippen molar-refractivity contribution in [3.63, 3.8) is 0 Å². The third-order valence-electron chi connectivity index (χ3n) is 16.8. The Bertz CT molecular complexity index is 5260. The summed E-state index contributed by atoms with van der Waals surface area (Å²) < 4.78 is 5.48. The van der Waals surface area contributed by atoms with Crippen LogP contribution in [0.4, 0.5) is 0 Å². The van der Waals surface area contributed by atoms with Crippen molar-refractivity contribution in [2.45, 2.75) is 78.6 Å². The molecule has 15 heteroatoms. The minimum absolute atomic E-state index is 0. The largest absolute Gasteiger partial charge is 2.00 e. The first-order chi connectivity index (χ1) is 50.7. The summed E-state index contributed by atoms with van der Waals surface area (Å²) in [7, 11) is 0. The number of benzene rings is 8. The van der Waals surface area contributed by atoms with Crippen molar-refractivity contribution in [2.24, 2.45) is 4.99 Å². The Kier molecular flexibility index (Phi) is 31.7. The molecular formula is C92H75N11Pd4. The molecule has 0 saturated carbocycles. The van der Waals surface area contributed by atoms with Crippen LogP contribution in [0.1, 0.15) is 119 Å². The van der Waals surface area contributed by atoms with Crippen LogP contribution in [-0.4, -0.2) is 55.0 Å². The van der Waals surface area contributed by atoms with Gasteiger partial charge >= 0.3 is 81.7 Å². The number of aliphatic imine (C=N–C) groups is 1. The summed E-state index contributed by atoms with van der Waals surface area (Å²) >= 11 is 0. The average molecular weight is 1760 g/mol. The van der Waals surface area contributed by atoms with Gasteiger partial charge in [0.25, 0.3) is 0 Å². The van der Waals surface area contributed by atoms with Crippen molar-refractivity contribution >= 4 is 5.71 Å². The minimum atomic E-state index is 0. The Hall–Kier alpha value is -9.95. The first-order valence-corrected chi connectivity index (χ1v) is 34.6. The molecule has 0 radical (unpaired) electrons. The zero-order valence-corrected chi connectivity index (χ0v) is 65.5. The van der Waals surface area contributed by atoms with Gasteiger partial charge in [-0.3, -0.25) is 9.98 Å². The van der Waals surface area contributed by atoms with Gasteiger partial charge in [-0.2, -0.15) is 300 Å². The second-order valence-corrected chi connectivity index (χ2v) is 25.1. The van der Waals surface area contributed by atoms with Crippen LogP contribution in [-0.2, 0) is 133 Å². The second-order valence-electron chi connectivity index (χ2n) is 25.1. The van der Waals surface area contributed by atoms with Gasteiger partial charge in [0.1, 0.15) is 0 Å². The van der Waals surface area contributed by atoms with E-state index < -0.39 is 0 Å². The molecule has 0 saturated heterocycles. The van der Waals surface area contributed by atoms with E-state index in [2.05, 4.69) is 196 Å². The molecule has 0 fully saturated rings. The molecule has 15 aromatic rings. The Morgan fingerprint density at radius 1 is 0.327 bits per heavy atom. The summed E-state index contributed by atoms with van der Waals surface area (Å²) in [4.78, 5) is 23.4. The van der Waals surface area contributed by atoms with E-state index in [0.717, 1.165) is 149 Å². The molecular weight excluding hydrogens is 1680 g/mol. The maximum absolute atomic E-state index is 4.80. The molecule has 107 heavy (non-hydrogen) atoms.